The number of methoxy groups -OCH3 is 2. The number of hydrogen-bond acceptors (Lipinski definition) is 3. The molecule has 3 nitrogen and oxygen atoms in total. The van der Waals surface area contributed by atoms with E-state index in [0.717, 1.165) is 23.2 Å². The zero-order valence-electron chi connectivity index (χ0n) is 14.8. The number of allylic oxidation sites excluding steroid dienone is 1. The molecule has 0 radical (unpaired) electrons. The van der Waals surface area contributed by atoms with Crippen LogP contribution in [0.5, 0.6) is 5.75 Å². The van der Waals surface area contributed by atoms with E-state index in [4.69, 9.17) is 9.47 Å². The summed E-state index contributed by atoms with van der Waals surface area (Å²) < 4.78 is 11.3. The molecular formula is C21H26O3. The molecule has 24 heavy (non-hydrogen) atoms. The fourth-order valence-electron chi connectivity index (χ4n) is 5.59. The average molecular weight is 326 g/mol. The van der Waals surface area contributed by atoms with E-state index in [9.17, 15) is 4.79 Å². The lowest BCUT2D eigenvalue weighted by atomic mass is 9.54. The van der Waals surface area contributed by atoms with Crippen molar-refractivity contribution in [2.75, 3.05) is 14.2 Å². The van der Waals surface area contributed by atoms with Gasteiger partial charge < -0.3 is 9.47 Å². The number of benzene rings is 1. The van der Waals surface area contributed by atoms with Crippen molar-refractivity contribution in [1.29, 1.82) is 0 Å². The highest BCUT2D eigenvalue weighted by Crippen LogP contribution is 2.58. The Balaban J connectivity index is 1.77. The Hall–Kier alpha value is -1.77. The van der Waals surface area contributed by atoms with Crippen LogP contribution < -0.4 is 4.74 Å². The number of ether oxygens (including phenoxy) is 2. The third-order valence-corrected chi connectivity index (χ3v) is 6.33. The van der Waals surface area contributed by atoms with Crippen molar-refractivity contribution in [3.05, 3.63) is 34.9 Å². The van der Waals surface area contributed by atoms with Gasteiger partial charge in [-0.25, -0.2) is 0 Å². The van der Waals surface area contributed by atoms with E-state index in [0.29, 0.717) is 23.1 Å². The molecule has 1 aromatic carbocycles. The van der Waals surface area contributed by atoms with Gasteiger partial charge in [-0.3, -0.25) is 4.79 Å². The topological polar surface area (TPSA) is 35.5 Å². The highest BCUT2D eigenvalue weighted by molar-refractivity contribution is 5.97. The molecule has 0 atom stereocenters. The van der Waals surface area contributed by atoms with Crippen LogP contribution in [0, 0.1) is 23.7 Å². The molecule has 5 rings (SSSR count). The van der Waals surface area contributed by atoms with E-state index in [1.54, 1.807) is 21.1 Å². The van der Waals surface area contributed by atoms with Crippen LogP contribution in [0.15, 0.2) is 23.8 Å². The Morgan fingerprint density at radius 1 is 1.00 bits per heavy atom. The fraction of sp³-hybridized carbons (Fsp3) is 0.571. The largest absolute Gasteiger partial charge is 0.496 e. The average Bonchev–Trinajstić information content (AvgIpc) is 2.56. The zero-order chi connectivity index (χ0) is 16.8. The number of hydrogen-bond donors (Lipinski definition) is 0. The lowest BCUT2D eigenvalue weighted by Gasteiger charge is -2.51. The second-order valence-electron chi connectivity index (χ2n) is 7.76. The van der Waals surface area contributed by atoms with Crippen molar-refractivity contribution >= 4 is 11.5 Å². The number of Topliss-reactive ketones (excluding diaryl/α,β-unsaturated/α-hetero) is 1. The molecule has 0 unspecified atom stereocenters. The minimum atomic E-state index is 0.0274. The summed E-state index contributed by atoms with van der Waals surface area (Å²) in [5.74, 6) is 4.94. The molecule has 4 aliphatic carbocycles. The summed E-state index contributed by atoms with van der Waals surface area (Å²) >= 11 is 0. The van der Waals surface area contributed by atoms with E-state index in [1.165, 1.54) is 37.7 Å². The molecule has 0 aliphatic heterocycles. The molecule has 4 saturated carbocycles. The Morgan fingerprint density at radius 3 is 2.12 bits per heavy atom. The number of carbonyl (C=O) groups is 1. The lowest BCUT2D eigenvalue weighted by molar-refractivity contribution is 0.0675. The number of carbonyl (C=O) groups excluding carboxylic acids is 1. The highest BCUT2D eigenvalue weighted by atomic mass is 16.5. The minimum Gasteiger partial charge on any atom is -0.496 e. The van der Waals surface area contributed by atoms with Gasteiger partial charge in [-0.1, -0.05) is 6.07 Å². The van der Waals surface area contributed by atoms with Gasteiger partial charge in [0, 0.05) is 5.56 Å². The van der Waals surface area contributed by atoms with Crippen molar-refractivity contribution in [1.82, 2.24) is 0 Å². The molecule has 3 heteroatoms. The smallest absolute Gasteiger partial charge is 0.163 e. The Labute approximate surface area is 144 Å². The second-order valence-corrected chi connectivity index (χ2v) is 7.76. The van der Waals surface area contributed by atoms with Gasteiger partial charge in [0.2, 0.25) is 0 Å². The van der Waals surface area contributed by atoms with Gasteiger partial charge in [-0.15, -0.1) is 0 Å². The SMILES string of the molecule is COC(=C1C2CC3CC(C2)CC1C3)c1ccc(C(C)=O)c(OC)c1. The Morgan fingerprint density at radius 2 is 1.62 bits per heavy atom. The number of ketones is 1. The molecule has 1 aromatic rings. The van der Waals surface area contributed by atoms with E-state index in [2.05, 4.69) is 0 Å². The van der Waals surface area contributed by atoms with Gasteiger partial charge in [0.1, 0.15) is 11.5 Å². The fourth-order valence-corrected chi connectivity index (χ4v) is 5.59. The maximum Gasteiger partial charge on any atom is 0.163 e. The maximum absolute atomic E-state index is 11.8. The van der Waals surface area contributed by atoms with Crippen LogP contribution in [0.1, 0.15) is 54.9 Å². The first kappa shape index (κ1) is 15.7. The summed E-state index contributed by atoms with van der Waals surface area (Å²) in [6.45, 7) is 1.57. The molecule has 0 spiro atoms. The minimum absolute atomic E-state index is 0.0274. The number of rotatable bonds is 4. The van der Waals surface area contributed by atoms with Gasteiger partial charge in [-0.05, 0) is 80.4 Å². The molecule has 4 aliphatic rings. The van der Waals surface area contributed by atoms with Gasteiger partial charge in [0.25, 0.3) is 0 Å². The van der Waals surface area contributed by atoms with Crippen LogP contribution >= 0.6 is 0 Å². The molecule has 0 amide bonds. The van der Waals surface area contributed by atoms with Gasteiger partial charge in [-0.2, -0.15) is 0 Å². The first-order valence-electron chi connectivity index (χ1n) is 9.08. The summed E-state index contributed by atoms with van der Waals surface area (Å²) in [5.41, 5.74) is 3.20. The van der Waals surface area contributed by atoms with Gasteiger partial charge in [0.05, 0.1) is 19.8 Å². The van der Waals surface area contributed by atoms with E-state index in [1.807, 2.05) is 18.2 Å². The van der Waals surface area contributed by atoms with E-state index >= 15 is 0 Å². The van der Waals surface area contributed by atoms with Crippen molar-refractivity contribution in [3.8, 4) is 5.75 Å². The van der Waals surface area contributed by atoms with Crippen LogP contribution in [0.3, 0.4) is 0 Å². The van der Waals surface area contributed by atoms with Crippen LogP contribution in [0.4, 0.5) is 0 Å². The second kappa shape index (κ2) is 5.94. The lowest BCUT2D eigenvalue weighted by Crippen LogP contribution is -2.40. The first-order chi connectivity index (χ1) is 11.6. The quantitative estimate of drug-likeness (QED) is 0.594. The van der Waals surface area contributed by atoms with E-state index in [-0.39, 0.29) is 5.78 Å². The normalized spacial score (nSPS) is 30.4. The molecule has 0 aromatic heterocycles. The molecular weight excluding hydrogens is 300 g/mol. The summed E-state index contributed by atoms with van der Waals surface area (Å²) in [7, 11) is 3.40. The summed E-state index contributed by atoms with van der Waals surface area (Å²) in [5, 5.41) is 0. The standard InChI is InChI=1S/C21H26O3/c1-12(22)18-5-4-15(11-19(18)23-2)21(24-3)20-16-7-13-6-14(9-16)10-17(20)8-13/h4-5,11,13-14,16-17H,6-10H2,1-3H3. The third kappa shape index (κ3) is 2.45. The van der Waals surface area contributed by atoms with Crippen LogP contribution in [-0.4, -0.2) is 20.0 Å². The maximum atomic E-state index is 11.8. The third-order valence-electron chi connectivity index (χ3n) is 6.33. The molecule has 128 valence electrons. The van der Waals surface area contributed by atoms with Crippen molar-refractivity contribution < 1.29 is 14.3 Å². The predicted octanol–water partition coefficient (Wildman–Crippen LogP) is 4.71. The van der Waals surface area contributed by atoms with E-state index < -0.39 is 0 Å². The molecule has 4 fully saturated rings. The molecule has 4 bridgehead atoms. The van der Waals surface area contributed by atoms with Crippen LogP contribution in [0.2, 0.25) is 0 Å². The van der Waals surface area contributed by atoms with Crippen LogP contribution in [-0.2, 0) is 4.74 Å². The molecule has 0 saturated heterocycles. The molecule has 0 heterocycles. The highest BCUT2D eigenvalue weighted by Gasteiger charge is 2.46. The summed E-state index contributed by atoms with van der Waals surface area (Å²) in [6, 6.07) is 5.84. The molecule has 0 N–H and O–H groups in total. The van der Waals surface area contributed by atoms with Crippen molar-refractivity contribution in [3.63, 3.8) is 0 Å². The Bertz CT molecular complexity index is 671. The summed E-state index contributed by atoms with van der Waals surface area (Å²) in [4.78, 5) is 11.8. The van der Waals surface area contributed by atoms with Gasteiger partial charge in [0.15, 0.2) is 5.78 Å². The first-order valence-corrected chi connectivity index (χ1v) is 9.08. The predicted molar refractivity (Wildman–Crippen MR) is 94.0 cm³/mol. The van der Waals surface area contributed by atoms with Gasteiger partial charge >= 0.3 is 0 Å². The summed E-state index contributed by atoms with van der Waals surface area (Å²) in [6.07, 6.45) is 6.77. The van der Waals surface area contributed by atoms with Crippen molar-refractivity contribution in [2.24, 2.45) is 23.7 Å². The zero-order valence-corrected chi connectivity index (χ0v) is 14.8. The monoisotopic (exact) mass is 326 g/mol. The van der Waals surface area contributed by atoms with Crippen LogP contribution in [0.25, 0.3) is 5.76 Å². The van der Waals surface area contributed by atoms with Crippen molar-refractivity contribution in [2.45, 2.75) is 39.0 Å². The Kier molecular flexibility index (Phi) is 3.90.